The number of carbonyl (C=O) groups excluding carboxylic acids is 1. The summed E-state index contributed by atoms with van der Waals surface area (Å²) in [4.78, 5) is 21.2. The molecule has 152 valence electrons. The van der Waals surface area contributed by atoms with E-state index in [0.717, 1.165) is 33.5 Å². The molecule has 0 unspecified atom stereocenters. The molecular formula is C23H24N6O. The van der Waals surface area contributed by atoms with Crippen molar-refractivity contribution in [1.29, 1.82) is 0 Å². The molecule has 0 bridgehead atoms. The lowest BCUT2D eigenvalue weighted by Crippen LogP contribution is -2.13. The topological polar surface area (TPSA) is 112 Å². The molecule has 2 heterocycles. The highest BCUT2D eigenvalue weighted by molar-refractivity contribution is 6.06. The number of benzene rings is 2. The Bertz CT molecular complexity index is 1200. The first-order chi connectivity index (χ1) is 14.6. The molecule has 2 aromatic carbocycles. The van der Waals surface area contributed by atoms with Gasteiger partial charge in [-0.25, -0.2) is 4.98 Å². The molecule has 0 spiro atoms. The van der Waals surface area contributed by atoms with Crippen molar-refractivity contribution in [3.8, 4) is 5.95 Å². The Labute approximate surface area is 174 Å². The van der Waals surface area contributed by atoms with Gasteiger partial charge in [0.15, 0.2) is 0 Å². The molecule has 0 radical (unpaired) electrons. The smallest absolute Gasteiger partial charge is 0.249 e. The molecule has 7 heteroatoms. The van der Waals surface area contributed by atoms with Gasteiger partial charge in [0, 0.05) is 34.9 Å². The monoisotopic (exact) mass is 400 g/mol. The van der Waals surface area contributed by atoms with Crippen molar-refractivity contribution >= 4 is 22.6 Å². The molecule has 0 aliphatic heterocycles. The Morgan fingerprint density at radius 2 is 1.93 bits per heavy atom. The minimum absolute atomic E-state index is 0.456. The van der Waals surface area contributed by atoms with E-state index in [-0.39, 0.29) is 0 Å². The standard InChI is InChI=1S/C23H24N6O/c1-15-12-19-18(21(25)30)8-5-9-20(19)29(15)23-27-14-17(10-11-24)22(28-23)26-13-16-6-3-2-4-7-16/h2-9,12,14H,10-11,13,24H2,1H3,(H2,25,30)(H,26,27,28). The summed E-state index contributed by atoms with van der Waals surface area (Å²) < 4.78 is 1.93. The average molecular weight is 400 g/mol. The summed E-state index contributed by atoms with van der Waals surface area (Å²) in [5.41, 5.74) is 15.7. The number of rotatable bonds is 7. The molecule has 0 saturated heterocycles. The van der Waals surface area contributed by atoms with Crippen LogP contribution in [0.4, 0.5) is 5.82 Å². The molecule has 1 amide bonds. The Morgan fingerprint density at radius 3 is 2.67 bits per heavy atom. The quantitative estimate of drug-likeness (QED) is 0.442. The minimum Gasteiger partial charge on any atom is -0.366 e. The van der Waals surface area contributed by atoms with Gasteiger partial charge in [0.25, 0.3) is 0 Å². The molecular weight excluding hydrogens is 376 g/mol. The second-order valence-corrected chi connectivity index (χ2v) is 7.15. The highest BCUT2D eigenvalue weighted by atomic mass is 16.1. The zero-order valence-electron chi connectivity index (χ0n) is 16.8. The second kappa shape index (κ2) is 8.34. The summed E-state index contributed by atoms with van der Waals surface area (Å²) >= 11 is 0. The number of hydrogen-bond acceptors (Lipinski definition) is 5. The molecule has 0 aliphatic carbocycles. The number of nitrogens with one attached hydrogen (secondary N) is 1. The van der Waals surface area contributed by atoms with Crippen LogP contribution < -0.4 is 16.8 Å². The summed E-state index contributed by atoms with van der Waals surface area (Å²) in [6, 6.07) is 17.5. The zero-order valence-corrected chi connectivity index (χ0v) is 16.8. The molecule has 4 rings (SSSR count). The van der Waals surface area contributed by atoms with Gasteiger partial charge in [-0.2, -0.15) is 4.98 Å². The van der Waals surface area contributed by atoms with Crippen molar-refractivity contribution < 1.29 is 4.79 Å². The molecule has 2 aromatic heterocycles. The lowest BCUT2D eigenvalue weighted by molar-refractivity contribution is 0.100. The van der Waals surface area contributed by atoms with Crippen molar-refractivity contribution in [2.24, 2.45) is 11.5 Å². The molecule has 0 atom stereocenters. The van der Waals surface area contributed by atoms with Crippen LogP contribution in [0.3, 0.4) is 0 Å². The predicted octanol–water partition coefficient (Wildman–Crippen LogP) is 2.94. The highest BCUT2D eigenvalue weighted by Crippen LogP contribution is 2.26. The molecule has 0 saturated carbocycles. The summed E-state index contributed by atoms with van der Waals surface area (Å²) in [7, 11) is 0. The number of fused-ring (bicyclic) bond motifs is 1. The van der Waals surface area contributed by atoms with Gasteiger partial charge in [0.1, 0.15) is 5.82 Å². The highest BCUT2D eigenvalue weighted by Gasteiger charge is 2.16. The van der Waals surface area contributed by atoms with E-state index in [1.165, 1.54) is 0 Å². The maximum atomic E-state index is 11.8. The van der Waals surface area contributed by atoms with Crippen LogP contribution in [0, 0.1) is 6.92 Å². The Balaban J connectivity index is 1.77. The fourth-order valence-corrected chi connectivity index (χ4v) is 3.62. The minimum atomic E-state index is -0.456. The third kappa shape index (κ3) is 3.75. The van der Waals surface area contributed by atoms with Crippen LogP contribution in [0.1, 0.15) is 27.2 Å². The first-order valence-electron chi connectivity index (χ1n) is 9.83. The number of hydrogen-bond donors (Lipinski definition) is 3. The van der Waals surface area contributed by atoms with Crippen LogP contribution in [0.15, 0.2) is 60.8 Å². The van der Waals surface area contributed by atoms with Crippen molar-refractivity contribution in [3.05, 3.63) is 83.2 Å². The maximum absolute atomic E-state index is 11.8. The number of amides is 1. The van der Waals surface area contributed by atoms with E-state index >= 15 is 0 Å². The van der Waals surface area contributed by atoms with Crippen molar-refractivity contribution in [2.75, 3.05) is 11.9 Å². The molecule has 4 aromatic rings. The Hall–Kier alpha value is -3.71. The van der Waals surface area contributed by atoms with Gasteiger partial charge >= 0.3 is 0 Å². The van der Waals surface area contributed by atoms with Crippen LogP contribution in [-0.4, -0.2) is 27.0 Å². The third-order valence-corrected chi connectivity index (χ3v) is 5.06. The fourth-order valence-electron chi connectivity index (χ4n) is 3.62. The van der Waals surface area contributed by atoms with E-state index < -0.39 is 5.91 Å². The van der Waals surface area contributed by atoms with E-state index in [4.69, 9.17) is 16.5 Å². The van der Waals surface area contributed by atoms with E-state index in [1.54, 1.807) is 6.07 Å². The van der Waals surface area contributed by atoms with Gasteiger partial charge in [0.2, 0.25) is 11.9 Å². The normalized spacial score (nSPS) is 11.0. The van der Waals surface area contributed by atoms with E-state index in [9.17, 15) is 4.79 Å². The van der Waals surface area contributed by atoms with Crippen LogP contribution >= 0.6 is 0 Å². The molecule has 0 aliphatic rings. The van der Waals surface area contributed by atoms with Gasteiger partial charge in [-0.1, -0.05) is 36.4 Å². The van der Waals surface area contributed by atoms with Crippen LogP contribution in [0.5, 0.6) is 0 Å². The largest absolute Gasteiger partial charge is 0.366 e. The third-order valence-electron chi connectivity index (χ3n) is 5.06. The number of aryl methyl sites for hydroxylation is 1. The summed E-state index contributed by atoms with van der Waals surface area (Å²) in [5, 5.41) is 4.21. The molecule has 30 heavy (non-hydrogen) atoms. The van der Waals surface area contributed by atoms with E-state index in [1.807, 2.05) is 54.1 Å². The van der Waals surface area contributed by atoms with Crippen LogP contribution in [0.2, 0.25) is 0 Å². The number of carbonyl (C=O) groups is 1. The number of primary amides is 1. The van der Waals surface area contributed by atoms with Crippen molar-refractivity contribution in [1.82, 2.24) is 14.5 Å². The Kier molecular flexibility index (Phi) is 5.45. The fraction of sp³-hybridized carbons (Fsp3) is 0.174. The van der Waals surface area contributed by atoms with Crippen LogP contribution in [-0.2, 0) is 13.0 Å². The molecule has 7 nitrogen and oxygen atoms in total. The lowest BCUT2D eigenvalue weighted by Gasteiger charge is -2.14. The number of nitrogens with zero attached hydrogens (tertiary/aromatic N) is 3. The van der Waals surface area contributed by atoms with Crippen LogP contribution in [0.25, 0.3) is 16.9 Å². The number of nitrogens with two attached hydrogens (primary N) is 2. The van der Waals surface area contributed by atoms with E-state index in [2.05, 4.69) is 22.4 Å². The molecule has 5 N–H and O–H groups in total. The molecule has 0 fully saturated rings. The Morgan fingerprint density at radius 1 is 1.13 bits per heavy atom. The predicted molar refractivity (Wildman–Crippen MR) is 119 cm³/mol. The SMILES string of the molecule is Cc1cc2c(C(N)=O)cccc2n1-c1ncc(CCN)c(NCc2ccccc2)n1. The maximum Gasteiger partial charge on any atom is 0.249 e. The summed E-state index contributed by atoms with van der Waals surface area (Å²) in [6.45, 7) is 3.11. The lowest BCUT2D eigenvalue weighted by atomic mass is 10.1. The van der Waals surface area contributed by atoms with Gasteiger partial charge in [0.05, 0.1) is 5.52 Å². The number of anilines is 1. The van der Waals surface area contributed by atoms with Crippen molar-refractivity contribution in [3.63, 3.8) is 0 Å². The van der Waals surface area contributed by atoms with Gasteiger partial charge in [-0.3, -0.25) is 9.36 Å². The summed E-state index contributed by atoms with van der Waals surface area (Å²) in [5.74, 6) is 0.823. The number of aromatic nitrogens is 3. The first kappa shape index (κ1) is 19.6. The van der Waals surface area contributed by atoms with Gasteiger partial charge in [-0.15, -0.1) is 0 Å². The van der Waals surface area contributed by atoms with Gasteiger partial charge in [-0.05, 0) is 43.7 Å². The van der Waals surface area contributed by atoms with E-state index in [0.29, 0.717) is 31.0 Å². The summed E-state index contributed by atoms with van der Waals surface area (Å²) in [6.07, 6.45) is 2.49. The first-order valence-corrected chi connectivity index (χ1v) is 9.83. The van der Waals surface area contributed by atoms with Crippen molar-refractivity contribution in [2.45, 2.75) is 19.9 Å². The average Bonchev–Trinajstić information content (AvgIpc) is 3.09. The van der Waals surface area contributed by atoms with Gasteiger partial charge < -0.3 is 16.8 Å². The second-order valence-electron chi connectivity index (χ2n) is 7.15. The zero-order chi connectivity index (χ0) is 21.1.